The summed E-state index contributed by atoms with van der Waals surface area (Å²) in [7, 11) is 0. The van der Waals surface area contributed by atoms with E-state index < -0.39 is 92.8 Å². The van der Waals surface area contributed by atoms with Crippen LogP contribution in [0.5, 0.6) is 0 Å². The van der Waals surface area contributed by atoms with Crippen molar-refractivity contribution in [1.82, 2.24) is 0 Å². The molecule has 0 aliphatic carbocycles. The topological polar surface area (TPSA) is 327 Å². The lowest BCUT2D eigenvalue weighted by Crippen LogP contribution is -2.46. The predicted octanol–water partition coefficient (Wildman–Crippen LogP) is -8.95. The van der Waals surface area contributed by atoms with E-state index in [1.54, 1.807) is 0 Å². The van der Waals surface area contributed by atoms with Gasteiger partial charge in [0.1, 0.15) is 61.0 Å². The maximum atomic E-state index is 9.90. The Labute approximate surface area is 199 Å². The third kappa shape index (κ3) is 11.1. The van der Waals surface area contributed by atoms with E-state index in [1.807, 2.05) is 0 Å². The summed E-state index contributed by atoms with van der Waals surface area (Å²) in [4.78, 5) is 19.8. The third-order valence-corrected chi connectivity index (χ3v) is 4.68. The summed E-state index contributed by atoms with van der Waals surface area (Å²) in [6.45, 7) is -0.878. The van der Waals surface area contributed by atoms with Crippen LogP contribution in [0.15, 0.2) is 0 Å². The Morgan fingerprint density at radius 3 is 1.49 bits per heavy atom. The third-order valence-electron chi connectivity index (χ3n) is 4.68. The predicted molar refractivity (Wildman–Crippen MR) is 109 cm³/mol. The first-order valence-electron chi connectivity index (χ1n) is 10.0. The van der Waals surface area contributed by atoms with Crippen LogP contribution in [0.2, 0.25) is 0 Å². The maximum Gasteiger partial charge on any atom is 0.219 e. The molecule has 1 aliphatic rings. The lowest BCUT2D eigenvalue weighted by atomic mass is 10.0. The van der Waals surface area contributed by atoms with Crippen molar-refractivity contribution in [2.75, 3.05) is 19.8 Å². The van der Waals surface area contributed by atoms with Gasteiger partial charge in [-0.3, -0.25) is 0 Å². The van der Waals surface area contributed by atoms with Crippen LogP contribution in [0.4, 0.5) is 0 Å². The molecule has 0 unspecified atom stereocenters. The highest BCUT2D eigenvalue weighted by Crippen LogP contribution is 2.28. The monoisotopic (exact) mass is 524 g/mol. The summed E-state index contributed by atoms with van der Waals surface area (Å²) < 4.78 is 4.63. The maximum absolute atomic E-state index is 9.90. The fraction of sp³-hybridized carbons (Fsp3) is 0.889. The molecule has 0 radical (unpaired) electrons. The summed E-state index contributed by atoms with van der Waals surface area (Å²) in [5.41, 5.74) is 0. The van der Waals surface area contributed by atoms with E-state index in [4.69, 9.17) is 66.4 Å². The van der Waals surface area contributed by atoms with Crippen molar-refractivity contribution in [1.29, 1.82) is 0 Å². The normalized spacial score (nSPS) is 30.7. The zero-order valence-electron chi connectivity index (χ0n) is 18.6. The lowest BCUT2D eigenvalue weighted by Gasteiger charge is -2.22. The molecule has 35 heavy (non-hydrogen) atoms. The highest BCUT2D eigenvalue weighted by molar-refractivity contribution is 5.57. The molecule has 0 bridgehead atoms. The standard InChI is InChI=1S/2C6H12O6.C6H12O5/c7-1-3-4(9)5(10)6(11,2-8)12-3;7-1-3(9)5(11)6(12)4(10)2-8;1-3(8)5(10)6(11)4(9)2-7/h3-5,7-11H,1-2H2;1,3-6,8-12H,2H2;2-6,8-11H,1H3/t3-,4-,5+,6-;2*3-,4+,5+,6-/m100/s1. The molecule has 0 aromatic rings. The minimum atomic E-state index is -2.16. The van der Waals surface area contributed by atoms with Crippen molar-refractivity contribution < 1.29 is 85.8 Å². The molecule has 1 fully saturated rings. The van der Waals surface area contributed by atoms with Gasteiger partial charge in [-0.2, -0.15) is 0 Å². The molecule has 210 valence electrons. The zero-order chi connectivity index (χ0) is 28.1. The van der Waals surface area contributed by atoms with Crippen LogP contribution in [-0.4, -0.2) is 177 Å². The van der Waals surface area contributed by atoms with Crippen molar-refractivity contribution in [3.8, 4) is 0 Å². The first-order chi connectivity index (χ1) is 16.1. The van der Waals surface area contributed by atoms with Gasteiger partial charge in [0.15, 0.2) is 12.6 Å². The Morgan fingerprint density at radius 1 is 0.800 bits per heavy atom. The fourth-order valence-corrected chi connectivity index (χ4v) is 2.33. The van der Waals surface area contributed by atoms with Gasteiger partial charge < -0.3 is 85.8 Å². The van der Waals surface area contributed by atoms with Gasteiger partial charge >= 0.3 is 0 Å². The number of carbonyl (C=O) groups is 2. The van der Waals surface area contributed by atoms with Gasteiger partial charge in [0.05, 0.1) is 25.9 Å². The van der Waals surface area contributed by atoms with Crippen LogP contribution < -0.4 is 0 Å². The molecule has 0 aromatic heterocycles. The van der Waals surface area contributed by atoms with Crippen LogP contribution >= 0.6 is 0 Å². The van der Waals surface area contributed by atoms with Crippen LogP contribution in [-0.2, 0) is 14.3 Å². The number of ether oxygens (including phenoxy) is 1. The van der Waals surface area contributed by atoms with E-state index in [0.717, 1.165) is 0 Å². The molecule has 1 aliphatic heterocycles. The van der Waals surface area contributed by atoms with Crippen molar-refractivity contribution in [2.24, 2.45) is 0 Å². The van der Waals surface area contributed by atoms with Crippen LogP contribution in [0.3, 0.4) is 0 Å². The van der Waals surface area contributed by atoms with Crippen molar-refractivity contribution in [3.05, 3.63) is 0 Å². The Hall–Kier alpha value is -1.26. The Bertz CT molecular complexity index is 579. The lowest BCUT2D eigenvalue weighted by molar-refractivity contribution is -0.248. The zero-order valence-corrected chi connectivity index (χ0v) is 18.6. The van der Waals surface area contributed by atoms with E-state index >= 15 is 0 Å². The van der Waals surface area contributed by atoms with Crippen molar-refractivity contribution >= 4 is 12.6 Å². The number of rotatable bonds is 11. The molecule has 0 spiro atoms. The fourth-order valence-electron chi connectivity index (χ4n) is 2.33. The SMILES string of the molecule is C[C@H](O)[C@@H](O)[C@@H](O)[C@H](O)C=O.O=C[C@H](O)[C@@H](O)[C@@H](O)[C@H](O)CO.OC[C@H]1O[C@](O)(CO)[C@@H](O)[C@@H]1O. The summed E-state index contributed by atoms with van der Waals surface area (Å²) in [5.74, 6) is -2.16. The molecular weight excluding hydrogens is 488 g/mol. The van der Waals surface area contributed by atoms with E-state index in [0.29, 0.717) is 0 Å². The molecule has 14 N–H and O–H groups in total. The molecule has 12 atom stereocenters. The number of carbonyl (C=O) groups excluding carboxylic acids is 2. The summed E-state index contributed by atoms with van der Waals surface area (Å²) in [6, 6.07) is 0. The van der Waals surface area contributed by atoms with Gasteiger partial charge in [0, 0.05) is 0 Å². The van der Waals surface area contributed by atoms with Gasteiger partial charge in [-0.25, -0.2) is 0 Å². The number of hydrogen-bond donors (Lipinski definition) is 14. The number of aliphatic hydroxyl groups excluding tert-OH is 13. The Kier molecular flexibility index (Phi) is 17.7. The average molecular weight is 524 g/mol. The van der Waals surface area contributed by atoms with Gasteiger partial charge in [-0.05, 0) is 6.92 Å². The molecule has 17 heteroatoms. The van der Waals surface area contributed by atoms with Crippen molar-refractivity contribution in [3.63, 3.8) is 0 Å². The molecule has 1 saturated heterocycles. The minimum absolute atomic E-state index is 0.0258. The molecular formula is C18H36O17. The van der Waals surface area contributed by atoms with Crippen LogP contribution in [0.25, 0.3) is 0 Å². The second-order valence-corrected chi connectivity index (χ2v) is 7.48. The van der Waals surface area contributed by atoms with Gasteiger partial charge in [0.25, 0.3) is 0 Å². The molecule has 0 amide bonds. The Balaban J connectivity index is 0. The minimum Gasteiger partial charge on any atom is -0.394 e. The molecule has 0 saturated carbocycles. The highest BCUT2D eigenvalue weighted by Gasteiger charge is 2.52. The highest BCUT2D eigenvalue weighted by atomic mass is 16.7. The summed E-state index contributed by atoms with van der Waals surface area (Å²) >= 11 is 0. The summed E-state index contributed by atoms with van der Waals surface area (Å²) in [5, 5.41) is 123. The first kappa shape index (κ1) is 35.9. The first-order valence-corrected chi connectivity index (χ1v) is 10.0. The van der Waals surface area contributed by atoms with Crippen LogP contribution in [0.1, 0.15) is 6.92 Å². The molecule has 1 rings (SSSR count). The Morgan fingerprint density at radius 2 is 1.23 bits per heavy atom. The number of hydrogen-bond acceptors (Lipinski definition) is 17. The molecule has 0 aromatic carbocycles. The quantitative estimate of drug-likeness (QED) is 0.111. The number of aliphatic hydroxyl groups is 14. The number of aldehydes is 2. The van der Waals surface area contributed by atoms with E-state index in [9.17, 15) is 14.7 Å². The second-order valence-electron chi connectivity index (χ2n) is 7.48. The second kappa shape index (κ2) is 17.2. The smallest absolute Gasteiger partial charge is 0.219 e. The van der Waals surface area contributed by atoms with Gasteiger partial charge in [-0.1, -0.05) is 0 Å². The largest absolute Gasteiger partial charge is 0.394 e. The van der Waals surface area contributed by atoms with Gasteiger partial charge in [-0.15, -0.1) is 0 Å². The van der Waals surface area contributed by atoms with E-state index in [-0.39, 0.29) is 12.6 Å². The molecule has 17 nitrogen and oxygen atoms in total. The summed E-state index contributed by atoms with van der Waals surface area (Å²) in [6.07, 6.45) is -16.8. The van der Waals surface area contributed by atoms with Crippen molar-refractivity contribution in [2.45, 2.75) is 79.9 Å². The molecule has 1 heterocycles. The van der Waals surface area contributed by atoms with Gasteiger partial charge in [0.2, 0.25) is 5.79 Å². The van der Waals surface area contributed by atoms with E-state index in [1.165, 1.54) is 6.92 Å². The van der Waals surface area contributed by atoms with E-state index in [2.05, 4.69) is 4.74 Å². The average Bonchev–Trinajstić information content (AvgIpc) is 3.09. The van der Waals surface area contributed by atoms with Crippen LogP contribution in [0, 0.1) is 0 Å².